The van der Waals surface area contributed by atoms with Crippen LogP contribution in [0.5, 0.6) is 5.75 Å². The van der Waals surface area contributed by atoms with Crippen molar-refractivity contribution in [2.75, 3.05) is 0 Å². The van der Waals surface area contributed by atoms with E-state index < -0.39 is 4.93 Å². The van der Waals surface area contributed by atoms with Gasteiger partial charge >= 0.3 is 0 Å². The Morgan fingerprint density at radius 1 is 1.18 bits per heavy atom. The minimum Gasteiger partial charge on any atom is -0.477 e. The number of ether oxygens (including phenoxy) is 1. The van der Waals surface area contributed by atoms with Gasteiger partial charge in [-0.25, -0.2) is 0 Å². The van der Waals surface area contributed by atoms with Crippen LogP contribution in [0.1, 0.15) is 13.8 Å². The fourth-order valence-electron chi connectivity index (χ4n) is 0.777. The third-order valence-electron chi connectivity index (χ3n) is 1.11. The van der Waals surface area contributed by atoms with Crippen molar-refractivity contribution in [3.63, 3.8) is 0 Å². The van der Waals surface area contributed by atoms with Gasteiger partial charge in [0.15, 0.2) is 0 Å². The second-order valence-corrected chi connectivity index (χ2v) is 3.94. The van der Waals surface area contributed by atoms with Gasteiger partial charge in [0.2, 0.25) is 0 Å². The van der Waals surface area contributed by atoms with Crippen molar-refractivity contribution in [1.82, 2.24) is 0 Å². The van der Waals surface area contributed by atoms with E-state index in [1.807, 2.05) is 44.2 Å². The Hall–Kier alpha value is -0.630. The first-order chi connectivity index (χ1) is 5.08. The largest absolute Gasteiger partial charge is 0.477 e. The average molecular weight is 168 g/mol. The number of hydrogen-bond donors (Lipinski definition) is 1. The van der Waals surface area contributed by atoms with Gasteiger partial charge in [-0.2, -0.15) is 0 Å². The summed E-state index contributed by atoms with van der Waals surface area (Å²) in [5.41, 5.74) is 0. The molecular formula is C9H12OS. The van der Waals surface area contributed by atoms with E-state index in [9.17, 15) is 0 Å². The van der Waals surface area contributed by atoms with E-state index in [4.69, 9.17) is 4.74 Å². The summed E-state index contributed by atoms with van der Waals surface area (Å²) < 4.78 is 5.47. The molecule has 0 atom stereocenters. The summed E-state index contributed by atoms with van der Waals surface area (Å²) in [4.78, 5) is -0.401. The van der Waals surface area contributed by atoms with Crippen molar-refractivity contribution >= 4 is 12.6 Å². The summed E-state index contributed by atoms with van der Waals surface area (Å²) >= 11 is 4.24. The second-order valence-electron chi connectivity index (χ2n) is 2.86. The molecule has 0 bridgehead atoms. The first-order valence-electron chi connectivity index (χ1n) is 3.54. The molecule has 0 N–H and O–H groups in total. The minimum atomic E-state index is -0.401. The summed E-state index contributed by atoms with van der Waals surface area (Å²) in [6.07, 6.45) is 0. The molecule has 0 spiro atoms. The maximum Gasteiger partial charge on any atom is 0.146 e. The molecule has 0 unspecified atom stereocenters. The van der Waals surface area contributed by atoms with E-state index >= 15 is 0 Å². The lowest BCUT2D eigenvalue weighted by atomic mass is 10.3. The molecule has 0 heterocycles. The van der Waals surface area contributed by atoms with Gasteiger partial charge in [-0.3, -0.25) is 0 Å². The topological polar surface area (TPSA) is 9.23 Å². The van der Waals surface area contributed by atoms with Gasteiger partial charge < -0.3 is 4.74 Å². The van der Waals surface area contributed by atoms with Crippen LogP contribution in [-0.4, -0.2) is 4.93 Å². The molecule has 0 saturated heterocycles. The number of hydrogen-bond acceptors (Lipinski definition) is 2. The summed E-state index contributed by atoms with van der Waals surface area (Å²) in [5.74, 6) is 0.854. The first-order valence-corrected chi connectivity index (χ1v) is 3.99. The third-order valence-corrected chi connectivity index (χ3v) is 1.20. The Kier molecular flexibility index (Phi) is 2.45. The van der Waals surface area contributed by atoms with E-state index in [1.54, 1.807) is 0 Å². The lowest BCUT2D eigenvalue weighted by Crippen LogP contribution is -2.19. The van der Waals surface area contributed by atoms with Gasteiger partial charge in [0.1, 0.15) is 10.7 Å². The molecule has 1 nitrogen and oxygen atoms in total. The predicted molar refractivity (Wildman–Crippen MR) is 50.1 cm³/mol. The Morgan fingerprint density at radius 2 is 1.73 bits per heavy atom. The van der Waals surface area contributed by atoms with Crippen LogP contribution >= 0.6 is 12.6 Å². The van der Waals surface area contributed by atoms with Crippen molar-refractivity contribution in [2.24, 2.45) is 0 Å². The molecule has 1 aromatic carbocycles. The van der Waals surface area contributed by atoms with Gasteiger partial charge in [-0.05, 0) is 26.0 Å². The highest BCUT2D eigenvalue weighted by Crippen LogP contribution is 2.19. The molecular weight excluding hydrogens is 156 g/mol. The fourth-order valence-corrected chi connectivity index (χ4v) is 0.882. The monoisotopic (exact) mass is 168 g/mol. The lowest BCUT2D eigenvalue weighted by Gasteiger charge is -2.19. The smallest absolute Gasteiger partial charge is 0.146 e. The van der Waals surface area contributed by atoms with Crippen LogP contribution in [0.4, 0.5) is 0 Å². The van der Waals surface area contributed by atoms with Crippen molar-refractivity contribution < 1.29 is 4.74 Å². The third kappa shape index (κ3) is 3.33. The van der Waals surface area contributed by atoms with Crippen molar-refractivity contribution in [3.05, 3.63) is 30.3 Å². The molecule has 0 fully saturated rings. The standard InChI is InChI=1S/C9H12OS/c1-9(2,11)10-8-6-4-3-5-7-8/h3-7,11H,1-2H3. The highest BCUT2D eigenvalue weighted by molar-refractivity contribution is 7.81. The van der Waals surface area contributed by atoms with E-state index in [-0.39, 0.29) is 0 Å². The van der Waals surface area contributed by atoms with Gasteiger partial charge in [-0.15, -0.1) is 12.6 Å². The zero-order chi connectivity index (χ0) is 8.32. The van der Waals surface area contributed by atoms with Crippen molar-refractivity contribution in [3.8, 4) is 5.75 Å². The van der Waals surface area contributed by atoms with E-state index in [0.717, 1.165) is 5.75 Å². The van der Waals surface area contributed by atoms with Gasteiger partial charge in [0, 0.05) is 0 Å². The molecule has 1 rings (SSSR count). The maximum absolute atomic E-state index is 5.47. The number of para-hydroxylation sites is 1. The highest BCUT2D eigenvalue weighted by Gasteiger charge is 2.11. The molecule has 60 valence electrons. The predicted octanol–water partition coefficient (Wildman–Crippen LogP) is 2.73. The maximum atomic E-state index is 5.47. The normalized spacial score (nSPS) is 11.2. The molecule has 0 aliphatic rings. The molecule has 0 aliphatic carbocycles. The number of rotatable bonds is 2. The Labute approximate surface area is 72.8 Å². The van der Waals surface area contributed by atoms with Gasteiger partial charge in [0.25, 0.3) is 0 Å². The Bertz CT molecular complexity index is 213. The van der Waals surface area contributed by atoms with Crippen molar-refractivity contribution in [1.29, 1.82) is 0 Å². The van der Waals surface area contributed by atoms with Crippen LogP contribution in [0, 0.1) is 0 Å². The average Bonchev–Trinajstić information content (AvgIpc) is 1.85. The fraction of sp³-hybridized carbons (Fsp3) is 0.333. The minimum absolute atomic E-state index is 0.401. The van der Waals surface area contributed by atoms with Crippen LogP contribution in [0.25, 0.3) is 0 Å². The zero-order valence-electron chi connectivity index (χ0n) is 6.74. The Balaban J connectivity index is 2.66. The molecule has 11 heavy (non-hydrogen) atoms. The SMILES string of the molecule is CC(C)(S)Oc1ccccc1. The van der Waals surface area contributed by atoms with E-state index in [0.29, 0.717) is 0 Å². The summed E-state index contributed by atoms with van der Waals surface area (Å²) in [5, 5.41) is 0. The summed E-state index contributed by atoms with van der Waals surface area (Å²) in [6, 6.07) is 9.66. The lowest BCUT2D eigenvalue weighted by molar-refractivity contribution is 0.209. The molecule has 1 aromatic rings. The summed E-state index contributed by atoms with van der Waals surface area (Å²) in [6.45, 7) is 3.81. The molecule has 0 aromatic heterocycles. The second kappa shape index (κ2) is 3.18. The van der Waals surface area contributed by atoms with Gasteiger partial charge in [-0.1, -0.05) is 18.2 Å². The van der Waals surface area contributed by atoms with Crippen LogP contribution in [0.3, 0.4) is 0 Å². The Morgan fingerprint density at radius 3 is 2.18 bits per heavy atom. The number of benzene rings is 1. The number of thiol groups is 1. The zero-order valence-corrected chi connectivity index (χ0v) is 7.64. The van der Waals surface area contributed by atoms with Crippen LogP contribution in [0.15, 0.2) is 30.3 Å². The molecule has 0 aliphatic heterocycles. The van der Waals surface area contributed by atoms with Crippen LogP contribution in [-0.2, 0) is 0 Å². The molecule has 0 radical (unpaired) electrons. The van der Waals surface area contributed by atoms with E-state index in [1.165, 1.54) is 0 Å². The molecule has 2 heteroatoms. The highest BCUT2D eigenvalue weighted by atomic mass is 32.1. The molecule has 0 saturated carbocycles. The summed E-state index contributed by atoms with van der Waals surface area (Å²) in [7, 11) is 0. The first kappa shape index (κ1) is 8.47. The van der Waals surface area contributed by atoms with Crippen LogP contribution in [0.2, 0.25) is 0 Å². The molecule has 0 amide bonds. The van der Waals surface area contributed by atoms with E-state index in [2.05, 4.69) is 12.6 Å². The quantitative estimate of drug-likeness (QED) is 0.527. The van der Waals surface area contributed by atoms with Gasteiger partial charge in [0.05, 0.1) is 0 Å². The van der Waals surface area contributed by atoms with Crippen molar-refractivity contribution in [2.45, 2.75) is 18.8 Å². The van der Waals surface area contributed by atoms with Crippen LogP contribution < -0.4 is 4.74 Å².